The minimum Gasteiger partial charge on any atom is -0.336 e. The molecule has 0 aliphatic carbocycles. The van der Waals surface area contributed by atoms with E-state index in [9.17, 15) is 9.59 Å². The SMILES string of the molecule is Cc1ccn2c(=O)c(C(=O)N3CCN(Cc4ccc(Br)s4)CC3)cnc2c1. The number of fused-ring (bicyclic) bond motifs is 1. The Hall–Kier alpha value is -2.03. The van der Waals surface area contributed by atoms with Gasteiger partial charge in [0.2, 0.25) is 0 Å². The van der Waals surface area contributed by atoms with Gasteiger partial charge in [-0.2, -0.15) is 0 Å². The summed E-state index contributed by atoms with van der Waals surface area (Å²) in [5, 5.41) is 0. The molecule has 4 rings (SSSR count). The van der Waals surface area contributed by atoms with Crippen LogP contribution in [0.4, 0.5) is 0 Å². The van der Waals surface area contributed by atoms with Crippen molar-refractivity contribution >= 4 is 38.8 Å². The molecule has 0 spiro atoms. The Kier molecular flexibility index (Phi) is 5.12. The number of rotatable bonds is 3. The third kappa shape index (κ3) is 3.83. The summed E-state index contributed by atoms with van der Waals surface area (Å²) in [6.07, 6.45) is 3.09. The van der Waals surface area contributed by atoms with Crippen LogP contribution in [0.1, 0.15) is 20.8 Å². The summed E-state index contributed by atoms with van der Waals surface area (Å²) in [5.74, 6) is -0.235. The number of halogens is 1. The Balaban J connectivity index is 1.46. The van der Waals surface area contributed by atoms with Crippen LogP contribution in [0.25, 0.3) is 5.65 Å². The number of thiophene rings is 1. The van der Waals surface area contributed by atoms with Gasteiger partial charge in [0, 0.05) is 50.0 Å². The molecular weight excluding hydrogens is 428 g/mol. The van der Waals surface area contributed by atoms with Crippen LogP contribution in [0.3, 0.4) is 0 Å². The Bertz CT molecular complexity index is 1050. The third-order valence-corrected chi connectivity index (χ3v) is 6.37. The maximum absolute atomic E-state index is 12.8. The molecule has 1 fully saturated rings. The topological polar surface area (TPSA) is 57.9 Å². The van der Waals surface area contributed by atoms with Crippen LogP contribution >= 0.6 is 27.3 Å². The van der Waals surface area contributed by atoms with Gasteiger partial charge in [0.05, 0.1) is 3.79 Å². The van der Waals surface area contributed by atoms with Crippen molar-refractivity contribution in [2.75, 3.05) is 26.2 Å². The fraction of sp³-hybridized carbons (Fsp3) is 0.316. The number of aromatic nitrogens is 2. The van der Waals surface area contributed by atoms with Gasteiger partial charge in [0.15, 0.2) is 0 Å². The summed E-state index contributed by atoms with van der Waals surface area (Å²) < 4.78 is 2.57. The lowest BCUT2D eigenvalue weighted by atomic mass is 10.2. The molecule has 3 aromatic rings. The summed E-state index contributed by atoms with van der Waals surface area (Å²) in [7, 11) is 0. The number of amides is 1. The van der Waals surface area contributed by atoms with Crippen molar-refractivity contribution < 1.29 is 4.79 Å². The molecule has 8 heteroatoms. The molecule has 0 unspecified atom stereocenters. The summed E-state index contributed by atoms with van der Waals surface area (Å²) in [4.78, 5) is 35.2. The van der Waals surface area contributed by atoms with E-state index in [0.717, 1.165) is 29.0 Å². The van der Waals surface area contributed by atoms with Gasteiger partial charge in [-0.1, -0.05) is 0 Å². The monoisotopic (exact) mass is 446 g/mol. The maximum atomic E-state index is 12.8. The van der Waals surface area contributed by atoms with E-state index in [1.54, 1.807) is 22.4 Å². The van der Waals surface area contributed by atoms with Crippen molar-refractivity contribution in [3.63, 3.8) is 0 Å². The maximum Gasteiger partial charge on any atom is 0.270 e. The van der Waals surface area contributed by atoms with Gasteiger partial charge >= 0.3 is 0 Å². The molecule has 3 aromatic heterocycles. The Morgan fingerprint density at radius 3 is 2.70 bits per heavy atom. The van der Waals surface area contributed by atoms with Gasteiger partial charge in [-0.3, -0.25) is 18.9 Å². The zero-order chi connectivity index (χ0) is 19.0. The standard InChI is InChI=1S/C19H19BrN4O2S/c1-13-4-5-24-17(10-13)21-11-15(19(24)26)18(25)23-8-6-22(7-9-23)12-14-2-3-16(20)27-14/h2-5,10-11H,6-9,12H2,1H3. The molecule has 0 N–H and O–H groups in total. The van der Waals surface area contributed by atoms with Gasteiger partial charge < -0.3 is 4.90 Å². The minimum atomic E-state index is -0.309. The van der Waals surface area contributed by atoms with Crippen molar-refractivity contribution in [1.29, 1.82) is 0 Å². The number of hydrogen-bond acceptors (Lipinski definition) is 5. The Morgan fingerprint density at radius 1 is 1.22 bits per heavy atom. The van der Waals surface area contributed by atoms with Crippen molar-refractivity contribution in [3.05, 3.63) is 66.8 Å². The highest BCUT2D eigenvalue weighted by Gasteiger charge is 2.25. The molecule has 1 saturated heterocycles. The fourth-order valence-electron chi connectivity index (χ4n) is 3.26. The van der Waals surface area contributed by atoms with Gasteiger partial charge in [-0.05, 0) is 52.7 Å². The summed E-state index contributed by atoms with van der Waals surface area (Å²) >= 11 is 5.22. The highest BCUT2D eigenvalue weighted by Crippen LogP contribution is 2.23. The molecule has 0 saturated carbocycles. The quantitative estimate of drug-likeness (QED) is 0.620. The average molecular weight is 447 g/mol. The zero-order valence-corrected chi connectivity index (χ0v) is 17.3. The van der Waals surface area contributed by atoms with E-state index in [1.807, 2.05) is 19.1 Å². The van der Waals surface area contributed by atoms with Gasteiger partial charge in [-0.15, -0.1) is 11.3 Å². The normalized spacial score (nSPS) is 15.4. The molecule has 1 aliphatic heterocycles. The molecule has 4 heterocycles. The van der Waals surface area contributed by atoms with Gasteiger partial charge in [0.1, 0.15) is 11.2 Å². The van der Waals surface area contributed by atoms with Crippen LogP contribution < -0.4 is 5.56 Å². The van der Waals surface area contributed by atoms with E-state index >= 15 is 0 Å². The van der Waals surface area contributed by atoms with E-state index in [2.05, 4.69) is 37.9 Å². The smallest absolute Gasteiger partial charge is 0.270 e. The molecule has 6 nitrogen and oxygen atoms in total. The second kappa shape index (κ2) is 7.53. The summed E-state index contributed by atoms with van der Waals surface area (Å²) in [6.45, 7) is 5.64. The largest absolute Gasteiger partial charge is 0.336 e. The molecule has 27 heavy (non-hydrogen) atoms. The van der Waals surface area contributed by atoms with E-state index in [0.29, 0.717) is 18.7 Å². The molecular formula is C19H19BrN4O2S. The second-order valence-corrected chi connectivity index (χ2v) is 9.23. The lowest BCUT2D eigenvalue weighted by molar-refractivity contribution is 0.0627. The van der Waals surface area contributed by atoms with E-state index < -0.39 is 0 Å². The van der Waals surface area contributed by atoms with Crippen LogP contribution in [0.2, 0.25) is 0 Å². The number of piperazine rings is 1. The molecule has 0 bridgehead atoms. The van der Waals surface area contributed by atoms with Crippen molar-refractivity contribution in [2.24, 2.45) is 0 Å². The lowest BCUT2D eigenvalue weighted by Gasteiger charge is -2.34. The van der Waals surface area contributed by atoms with Crippen molar-refractivity contribution in [2.45, 2.75) is 13.5 Å². The Labute approximate surface area is 169 Å². The predicted octanol–water partition coefficient (Wildman–Crippen LogP) is 2.78. The molecule has 0 radical (unpaired) electrons. The van der Waals surface area contributed by atoms with E-state index in [-0.39, 0.29) is 17.0 Å². The molecule has 140 valence electrons. The Morgan fingerprint density at radius 2 is 2.00 bits per heavy atom. The fourth-order valence-corrected chi connectivity index (χ4v) is 4.79. The molecule has 0 atom stereocenters. The number of hydrogen-bond donors (Lipinski definition) is 0. The molecule has 1 aliphatic rings. The van der Waals surface area contributed by atoms with Crippen LogP contribution in [0.15, 0.2) is 45.2 Å². The van der Waals surface area contributed by atoms with Gasteiger partial charge in [-0.25, -0.2) is 4.98 Å². The average Bonchev–Trinajstić information content (AvgIpc) is 3.07. The van der Waals surface area contributed by atoms with E-state index in [1.165, 1.54) is 15.5 Å². The first-order valence-electron chi connectivity index (χ1n) is 8.75. The van der Waals surface area contributed by atoms with Gasteiger partial charge in [0.25, 0.3) is 11.5 Å². The number of carbonyl (C=O) groups is 1. The van der Waals surface area contributed by atoms with Crippen molar-refractivity contribution in [1.82, 2.24) is 19.2 Å². The third-order valence-electron chi connectivity index (χ3n) is 4.76. The highest BCUT2D eigenvalue weighted by atomic mass is 79.9. The molecule has 1 amide bonds. The molecule has 0 aromatic carbocycles. The first kappa shape index (κ1) is 18.3. The number of nitrogens with zero attached hydrogens (tertiary/aromatic N) is 4. The first-order chi connectivity index (χ1) is 13.0. The first-order valence-corrected chi connectivity index (χ1v) is 10.4. The van der Waals surface area contributed by atoms with Crippen LogP contribution in [0.5, 0.6) is 0 Å². The van der Waals surface area contributed by atoms with Crippen LogP contribution in [-0.2, 0) is 6.54 Å². The van der Waals surface area contributed by atoms with Crippen molar-refractivity contribution in [3.8, 4) is 0 Å². The van der Waals surface area contributed by atoms with Crippen LogP contribution in [-0.4, -0.2) is 51.3 Å². The minimum absolute atomic E-state index is 0.131. The van der Waals surface area contributed by atoms with E-state index in [4.69, 9.17) is 0 Å². The summed E-state index contributed by atoms with van der Waals surface area (Å²) in [6, 6.07) is 7.85. The number of carbonyl (C=O) groups excluding carboxylic acids is 1. The highest BCUT2D eigenvalue weighted by molar-refractivity contribution is 9.11. The lowest BCUT2D eigenvalue weighted by Crippen LogP contribution is -2.49. The number of pyridine rings is 1. The van der Waals surface area contributed by atoms with Crippen LogP contribution in [0, 0.1) is 6.92 Å². The number of aryl methyl sites for hydroxylation is 1. The second-order valence-electron chi connectivity index (χ2n) is 6.68. The zero-order valence-electron chi connectivity index (χ0n) is 14.9. The predicted molar refractivity (Wildman–Crippen MR) is 109 cm³/mol. The summed E-state index contributed by atoms with van der Waals surface area (Å²) in [5.41, 5.74) is 1.40.